The molecule has 6 rings (SSSR count). The number of phenolic OH excluding ortho intramolecular Hbond substituents is 1. The van der Waals surface area contributed by atoms with Gasteiger partial charge in [0.2, 0.25) is 11.8 Å². The number of benzene rings is 3. The summed E-state index contributed by atoms with van der Waals surface area (Å²) in [6.07, 6.45) is 1.72. The summed E-state index contributed by atoms with van der Waals surface area (Å²) in [5.41, 5.74) is 0.559. The van der Waals surface area contributed by atoms with Crippen LogP contribution in [-0.2, 0) is 20.8 Å². The summed E-state index contributed by atoms with van der Waals surface area (Å²) in [5.74, 6) is -4.53. The maximum Gasteiger partial charge on any atom is 0.325 e. The summed E-state index contributed by atoms with van der Waals surface area (Å²) in [6.45, 7) is 0. The molecule has 8 heteroatoms. The van der Waals surface area contributed by atoms with Gasteiger partial charge in [-0.3, -0.25) is 19.7 Å². The van der Waals surface area contributed by atoms with Gasteiger partial charge >= 0.3 is 5.97 Å². The van der Waals surface area contributed by atoms with Crippen LogP contribution in [0.4, 0.5) is 5.69 Å². The van der Waals surface area contributed by atoms with E-state index in [-0.39, 0.29) is 12.2 Å². The standard InChI is InChI=1S/C28H23N3O5/c32-21-13-7-5-11-19(21)24-22-23(26(34)31(25(22)33)17-8-2-1-3-9-17)28(30-24,27(35)36)14-16-15-29-20-12-6-4-10-18(16)20/h1-13,15,22-24,29-30,32H,14H2,(H,35,36)/t22-,23+,24+,28-/m0/s1. The Labute approximate surface area is 206 Å². The van der Waals surface area contributed by atoms with Crippen LogP contribution in [-0.4, -0.2) is 38.5 Å². The number of fused-ring (bicyclic) bond motifs is 2. The third-order valence-corrected chi connectivity index (χ3v) is 7.47. The summed E-state index contributed by atoms with van der Waals surface area (Å²) in [4.78, 5) is 45.0. The van der Waals surface area contributed by atoms with Crippen molar-refractivity contribution >= 4 is 34.4 Å². The van der Waals surface area contributed by atoms with Crippen molar-refractivity contribution in [3.63, 3.8) is 0 Å². The van der Waals surface area contributed by atoms with Crippen LogP contribution in [0, 0.1) is 11.8 Å². The zero-order valence-corrected chi connectivity index (χ0v) is 19.1. The highest BCUT2D eigenvalue weighted by Crippen LogP contribution is 2.52. The number of carbonyl (C=O) groups is 3. The van der Waals surface area contributed by atoms with E-state index < -0.39 is 41.2 Å². The number of rotatable bonds is 5. The quantitative estimate of drug-likeness (QED) is 0.324. The summed E-state index contributed by atoms with van der Waals surface area (Å²) in [5, 5.41) is 25.3. The van der Waals surface area contributed by atoms with Crippen LogP contribution >= 0.6 is 0 Å². The first-order chi connectivity index (χ1) is 17.4. The van der Waals surface area contributed by atoms with E-state index in [0.29, 0.717) is 11.3 Å². The lowest BCUT2D eigenvalue weighted by molar-refractivity contribution is -0.148. The molecule has 3 heterocycles. The first-order valence-corrected chi connectivity index (χ1v) is 11.7. The smallest absolute Gasteiger partial charge is 0.325 e. The number of carboxylic acids is 1. The Kier molecular flexibility index (Phi) is 4.94. The lowest BCUT2D eigenvalue weighted by atomic mass is 9.76. The first-order valence-electron chi connectivity index (χ1n) is 11.7. The van der Waals surface area contributed by atoms with E-state index in [4.69, 9.17) is 0 Å². The molecule has 1 aromatic heterocycles. The molecule has 0 radical (unpaired) electrons. The van der Waals surface area contributed by atoms with Gasteiger partial charge < -0.3 is 15.2 Å². The number of phenols is 1. The fourth-order valence-corrected chi connectivity index (χ4v) is 5.87. The number of hydrogen-bond acceptors (Lipinski definition) is 5. The second-order valence-corrected chi connectivity index (χ2v) is 9.34. The van der Waals surface area contributed by atoms with E-state index in [1.807, 2.05) is 24.3 Å². The van der Waals surface area contributed by atoms with E-state index in [0.717, 1.165) is 21.4 Å². The average Bonchev–Trinajstić information content (AvgIpc) is 3.52. The molecule has 2 aliphatic heterocycles. The van der Waals surface area contributed by atoms with Crippen molar-refractivity contribution in [2.75, 3.05) is 4.90 Å². The summed E-state index contributed by atoms with van der Waals surface area (Å²) in [6, 6.07) is 21.7. The molecule has 0 saturated carbocycles. The Morgan fingerprint density at radius 2 is 1.61 bits per heavy atom. The molecule has 0 spiro atoms. The Hall–Kier alpha value is -4.43. The molecule has 3 aromatic carbocycles. The highest BCUT2D eigenvalue weighted by Gasteiger charge is 2.69. The van der Waals surface area contributed by atoms with Crippen molar-refractivity contribution in [1.29, 1.82) is 0 Å². The summed E-state index contributed by atoms with van der Waals surface area (Å²) >= 11 is 0. The zero-order chi connectivity index (χ0) is 25.0. The molecule has 0 unspecified atom stereocenters. The van der Waals surface area contributed by atoms with Crippen molar-refractivity contribution in [2.45, 2.75) is 18.0 Å². The molecule has 4 N–H and O–H groups in total. The van der Waals surface area contributed by atoms with E-state index in [1.165, 1.54) is 6.07 Å². The van der Waals surface area contributed by atoms with Gasteiger partial charge in [-0.25, -0.2) is 4.90 Å². The summed E-state index contributed by atoms with van der Waals surface area (Å²) < 4.78 is 0. The number of para-hydroxylation sites is 3. The molecule has 8 nitrogen and oxygen atoms in total. The maximum atomic E-state index is 13.9. The lowest BCUT2D eigenvalue weighted by Crippen LogP contribution is -2.57. The number of aromatic amines is 1. The SMILES string of the molecule is O=C1[C@@H]2[C@@H](c3ccccc3O)N[C@](Cc3c[nH]c4ccccc34)(C(=O)O)[C@H]2C(=O)N1c1ccccc1. The van der Waals surface area contributed by atoms with Crippen LogP contribution in [0.3, 0.4) is 0 Å². The normalized spacial score (nSPS) is 25.4. The zero-order valence-electron chi connectivity index (χ0n) is 19.1. The molecule has 36 heavy (non-hydrogen) atoms. The van der Waals surface area contributed by atoms with Crippen LogP contribution in [0.2, 0.25) is 0 Å². The van der Waals surface area contributed by atoms with Crippen molar-refractivity contribution in [2.24, 2.45) is 11.8 Å². The predicted octanol–water partition coefficient (Wildman–Crippen LogP) is 3.39. The van der Waals surface area contributed by atoms with Gasteiger partial charge in [0.15, 0.2) is 0 Å². The topological polar surface area (TPSA) is 123 Å². The first kappa shape index (κ1) is 22.1. The van der Waals surface area contributed by atoms with E-state index >= 15 is 0 Å². The number of carboxylic acid groups (broad SMARTS) is 1. The van der Waals surface area contributed by atoms with E-state index in [9.17, 15) is 24.6 Å². The van der Waals surface area contributed by atoms with Gasteiger partial charge in [-0.2, -0.15) is 0 Å². The van der Waals surface area contributed by atoms with Gasteiger partial charge in [-0.1, -0.05) is 54.6 Å². The monoisotopic (exact) mass is 481 g/mol. The summed E-state index contributed by atoms with van der Waals surface area (Å²) in [7, 11) is 0. The van der Waals surface area contributed by atoms with Crippen molar-refractivity contribution in [3.05, 3.63) is 96.2 Å². The minimum atomic E-state index is -1.78. The van der Waals surface area contributed by atoms with E-state index in [2.05, 4.69) is 10.3 Å². The van der Waals surface area contributed by atoms with Crippen molar-refractivity contribution < 1.29 is 24.6 Å². The van der Waals surface area contributed by atoms with Crippen LogP contribution in [0.15, 0.2) is 85.1 Å². The molecule has 2 saturated heterocycles. The highest BCUT2D eigenvalue weighted by molar-refractivity contribution is 6.24. The number of carbonyl (C=O) groups excluding carboxylic acids is 2. The number of aliphatic carboxylic acids is 1. The number of H-pyrrole nitrogens is 1. The van der Waals surface area contributed by atoms with Crippen LogP contribution in [0.1, 0.15) is 17.2 Å². The van der Waals surface area contributed by atoms with Gasteiger partial charge in [0.25, 0.3) is 0 Å². The second-order valence-electron chi connectivity index (χ2n) is 9.34. The number of nitrogens with zero attached hydrogens (tertiary/aromatic N) is 1. The molecule has 2 fully saturated rings. The Bertz CT molecular complexity index is 1510. The number of hydrogen-bond donors (Lipinski definition) is 4. The number of aromatic nitrogens is 1. The number of amides is 2. The van der Waals surface area contributed by atoms with Crippen molar-refractivity contribution in [1.82, 2.24) is 10.3 Å². The third kappa shape index (κ3) is 3.08. The molecule has 180 valence electrons. The molecule has 0 aliphatic carbocycles. The molecular formula is C28H23N3O5. The van der Waals surface area contributed by atoms with Crippen molar-refractivity contribution in [3.8, 4) is 5.75 Å². The average molecular weight is 482 g/mol. The number of aromatic hydroxyl groups is 1. The fraction of sp³-hybridized carbons (Fsp3) is 0.179. The largest absolute Gasteiger partial charge is 0.508 e. The van der Waals surface area contributed by atoms with Crippen LogP contribution < -0.4 is 10.2 Å². The number of imide groups is 1. The van der Waals surface area contributed by atoms with Crippen LogP contribution in [0.25, 0.3) is 10.9 Å². The van der Waals surface area contributed by atoms with Gasteiger partial charge in [0.1, 0.15) is 11.3 Å². The third-order valence-electron chi connectivity index (χ3n) is 7.47. The molecule has 2 amide bonds. The maximum absolute atomic E-state index is 13.9. The Balaban J connectivity index is 1.53. The van der Waals surface area contributed by atoms with Gasteiger partial charge in [-0.05, 0) is 29.8 Å². The van der Waals surface area contributed by atoms with Gasteiger partial charge in [0, 0.05) is 35.1 Å². The Morgan fingerprint density at radius 3 is 2.36 bits per heavy atom. The molecule has 2 aliphatic rings. The lowest BCUT2D eigenvalue weighted by Gasteiger charge is -2.31. The van der Waals surface area contributed by atoms with Gasteiger partial charge in [0.05, 0.1) is 17.5 Å². The number of nitrogens with one attached hydrogen (secondary N) is 2. The minimum absolute atomic E-state index is 0.0285. The minimum Gasteiger partial charge on any atom is -0.508 e. The molecule has 4 aromatic rings. The van der Waals surface area contributed by atoms with E-state index in [1.54, 1.807) is 54.7 Å². The molecular weight excluding hydrogens is 458 g/mol. The Morgan fingerprint density at radius 1 is 0.917 bits per heavy atom. The van der Waals surface area contributed by atoms with Gasteiger partial charge in [-0.15, -0.1) is 0 Å². The van der Waals surface area contributed by atoms with Crippen LogP contribution in [0.5, 0.6) is 5.75 Å². The number of anilines is 1. The predicted molar refractivity (Wildman–Crippen MR) is 132 cm³/mol. The highest BCUT2D eigenvalue weighted by atomic mass is 16.4. The fourth-order valence-electron chi connectivity index (χ4n) is 5.87. The molecule has 4 atom stereocenters. The second kappa shape index (κ2) is 8.07. The molecule has 0 bridgehead atoms.